The summed E-state index contributed by atoms with van der Waals surface area (Å²) in [6, 6.07) is 0. The van der Waals surface area contributed by atoms with E-state index >= 15 is 0 Å². The second kappa shape index (κ2) is 4.29. The van der Waals surface area contributed by atoms with E-state index in [1.807, 2.05) is 0 Å². The van der Waals surface area contributed by atoms with Crippen LogP contribution >= 0.6 is 0 Å². The summed E-state index contributed by atoms with van der Waals surface area (Å²) in [5.41, 5.74) is 10.2. The maximum absolute atomic E-state index is 10.2. The summed E-state index contributed by atoms with van der Waals surface area (Å²) in [5.74, 6) is -1.32. The number of hydrogen-bond donors (Lipinski definition) is 3. The maximum atomic E-state index is 10.2. The van der Waals surface area contributed by atoms with Crippen LogP contribution in [0.3, 0.4) is 0 Å². The van der Waals surface area contributed by atoms with E-state index in [1.165, 1.54) is 0 Å². The van der Waals surface area contributed by atoms with Crippen molar-refractivity contribution in [3.8, 4) is 0 Å². The van der Waals surface area contributed by atoms with Crippen LogP contribution in [0.15, 0.2) is 0 Å². The Morgan fingerprint density at radius 3 is 2.22 bits per heavy atom. The van der Waals surface area contributed by atoms with Gasteiger partial charge in [-0.1, -0.05) is 0 Å². The fraction of sp³-hybridized carbons (Fsp3) is 0.800. The molecule has 9 heavy (non-hydrogen) atoms. The fourth-order valence-corrected chi connectivity index (χ4v) is 0.543. The van der Waals surface area contributed by atoms with Crippen LogP contribution in [0.2, 0.25) is 0 Å². The van der Waals surface area contributed by atoms with Crippen molar-refractivity contribution < 1.29 is 9.90 Å². The smallest absolute Gasteiger partial charge is 0.307 e. The highest BCUT2D eigenvalue weighted by Gasteiger charge is 2.12. The van der Waals surface area contributed by atoms with E-state index in [-0.39, 0.29) is 6.54 Å². The summed E-state index contributed by atoms with van der Waals surface area (Å²) in [5, 5.41) is 8.37. The number of aliphatic carboxylic acids is 1. The van der Waals surface area contributed by atoms with Gasteiger partial charge in [0.25, 0.3) is 0 Å². The van der Waals surface area contributed by atoms with Gasteiger partial charge in [-0.3, -0.25) is 4.79 Å². The number of carboxylic acids is 1. The van der Waals surface area contributed by atoms with E-state index in [0.717, 1.165) is 0 Å². The van der Waals surface area contributed by atoms with E-state index in [9.17, 15) is 4.79 Å². The Kier molecular flexibility index (Phi) is 4.00. The standard InChI is InChI=1S/C5H12N2O2/c6-2-1-4(3-7)5(8)9/h4H,1-3,6-7H2,(H,8,9)/t4-/m0/s1. The Balaban J connectivity index is 3.54. The van der Waals surface area contributed by atoms with Crippen molar-refractivity contribution in [1.29, 1.82) is 0 Å². The first-order valence-corrected chi connectivity index (χ1v) is 2.85. The van der Waals surface area contributed by atoms with Gasteiger partial charge >= 0.3 is 5.97 Å². The summed E-state index contributed by atoms with van der Waals surface area (Å²) in [7, 11) is 0. The van der Waals surface area contributed by atoms with Gasteiger partial charge < -0.3 is 16.6 Å². The van der Waals surface area contributed by atoms with Gasteiger partial charge in [0, 0.05) is 6.54 Å². The second-order valence-corrected chi connectivity index (χ2v) is 1.85. The summed E-state index contributed by atoms with van der Waals surface area (Å²) in [6.45, 7) is 0.556. The van der Waals surface area contributed by atoms with Crippen LogP contribution in [-0.4, -0.2) is 24.2 Å². The van der Waals surface area contributed by atoms with Crippen LogP contribution < -0.4 is 11.5 Å². The van der Waals surface area contributed by atoms with Gasteiger partial charge in [-0.15, -0.1) is 0 Å². The van der Waals surface area contributed by atoms with Gasteiger partial charge in [0.2, 0.25) is 0 Å². The minimum Gasteiger partial charge on any atom is -0.481 e. The Morgan fingerprint density at radius 1 is 1.56 bits per heavy atom. The van der Waals surface area contributed by atoms with Crippen LogP contribution in [0.1, 0.15) is 6.42 Å². The molecule has 4 nitrogen and oxygen atoms in total. The molecule has 1 atom stereocenters. The highest BCUT2D eigenvalue weighted by atomic mass is 16.4. The largest absolute Gasteiger partial charge is 0.481 e. The Morgan fingerprint density at radius 2 is 2.11 bits per heavy atom. The molecule has 0 aromatic rings. The maximum Gasteiger partial charge on any atom is 0.307 e. The molecule has 0 rings (SSSR count). The van der Waals surface area contributed by atoms with Crippen LogP contribution in [0.4, 0.5) is 0 Å². The monoisotopic (exact) mass is 132 g/mol. The molecular formula is C5H12N2O2. The molecule has 0 saturated carbocycles. The van der Waals surface area contributed by atoms with Crippen LogP contribution in [0.5, 0.6) is 0 Å². The van der Waals surface area contributed by atoms with E-state index in [2.05, 4.69) is 0 Å². The summed E-state index contributed by atoms with van der Waals surface area (Å²) in [6.07, 6.45) is 0.464. The number of carbonyl (C=O) groups is 1. The van der Waals surface area contributed by atoms with Gasteiger partial charge in [0.15, 0.2) is 0 Å². The van der Waals surface area contributed by atoms with Crippen molar-refractivity contribution >= 4 is 5.97 Å². The Labute approximate surface area is 53.8 Å². The highest BCUT2D eigenvalue weighted by Crippen LogP contribution is 1.97. The molecule has 5 N–H and O–H groups in total. The van der Waals surface area contributed by atoms with E-state index < -0.39 is 11.9 Å². The average molecular weight is 132 g/mol. The Hall–Kier alpha value is -0.610. The van der Waals surface area contributed by atoms with Crippen LogP contribution in [-0.2, 0) is 4.79 Å². The van der Waals surface area contributed by atoms with Crippen molar-refractivity contribution in [2.75, 3.05) is 13.1 Å². The van der Waals surface area contributed by atoms with E-state index in [4.69, 9.17) is 16.6 Å². The molecule has 0 radical (unpaired) electrons. The van der Waals surface area contributed by atoms with Crippen LogP contribution in [0, 0.1) is 5.92 Å². The van der Waals surface area contributed by atoms with Crippen molar-refractivity contribution in [3.63, 3.8) is 0 Å². The first-order chi connectivity index (χ1) is 4.22. The predicted molar refractivity (Wildman–Crippen MR) is 33.9 cm³/mol. The zero-order valence-electron chi connectivity index (χ0n) is 5.21. The molecule has 0 spiro atoms. The molecule has 0 amide bonds. The highest BCUT2D eigenvalue weighted by molar-refractivity contribution is 5.70. The summed E-state index contributed by atoms with van der Waals surface area (Å²) < 4.78 is 0. The van der Waals surface area contributed by atoms with Crippen LogP contribution in [0.25, 0.3) is 0 Å². The number of carboxylic acid groups (broad SMARTS) is 1. The molecule has 0 unspecified atom stereocenters. The molecule has 0 aliphatic heterocycles. The zero-order chi connectivity index (χ0) is 7.28. The van der Waals surface area contributed by atoms with Crippen molar-refractivity contribution in [2.45, 2.75) is 6.42 Å². The molecule has 0 aliphatic carbocycles. The van der Waals surface area contributed by atoms with Crippen molar-refractivity contribution in [2.24, 2.45) is 17.4 Å². The first kappa shape index (κ1) is 8.39. The average Bonchev–Trinajstić information content (AvgIpc) is 1.82. The number of nitrogens with two attached hydrogens (primary N) is 2. The van der Waals surface area contributed by atoms with Gasteiger partial charge in [-0.25, -0.2) is 0 Å². The SMILES string of the molecule is NCC[C@@H](CN)C(=O)O. The van der Waals surface area contributed by atoms with Gasteiger partial charge in [-0.2, -0.15) is 0 Å². The lowest BCUT2D eigenvalue weighted by atomic mass is 10.1. The summed E-state index contributed by atoms with van der Waals surface area (Å²) >= 11 is 0. The zero-order valence-corrected chi connectivity index (χ0v) is 5.21. The third-order valence-electron chi connectivity index (χ3n) is 1.15. The number of rotatable bonds is 4. The van der Waals surface area contributed by atoms with E-state index in [0.29, 0.717) is 13.0 Å². The van der Waals surface area contributed by atoms with Gasteiger partial charge in [0.05, 0.1) is 5.92 Å². The predicted octanol–water partition coefficient (Wildman–Crippen LogP) is -1.01. The van der Waals surface area contributed by atoms with Gasteiger partial charge in [0.1, 0.15) is 0 Å². The third kappa shape index (κ3) is 3.05. The topological polar surface area (TPSA) is 89.3 Å². The second-order valence-electron chi connectivity index (χ2n) is 1.85. The first-order valence-electron chi connectivity index (χ1n) is 2.85. The molecule has 0 aliphatic rings. The fourth-order valence-electron chi connectivity index (χ4n) is 0.543. The molecule has 4 heteroatoms. The molecule has 0 aromatic heterocycles. The molecule has 0 saturated heterocycles. The lowest BCUT2D eigenvalue weighted by Gasteiger charge is -2.05. The lowest BCUT2D eigenvalue weighted by molar-refractivity contribution is -0.141. The lowest BCUT2D eigenvalue weighted by Crippen LogP contribution is -2.25. The van der Waals surface area contributed by atoms with Gasteiger partial charge in [-0.05, 0) is 13.0 Å². The Bertz CT molecular complexity index is 95.0. The molecule has 54 valence electrons. The quantitative estimate of drug-likeness (QED) is 0.457. The minimum absolute atomic E-state index is 0.173. The minimum atomic E-state index is -0.858. The molecule has 0 bridgehead atoms. The number of hydrogen-bond acceptors (Lipinski definition) is 3. The van der Waals surface area contributed by atoms with Crippen molar-refractivity contribution in [3.05, 3.63) is 0 Å². The molecule has 0 aromatic carbocycles. The third-order valence-corrected chi connectivity index (χ3v) is 1.15. The molecule has 0 heterocycles. The van der Waals surface area contributed by atoms with E-state index in [1.54, 1.807) is 0 Å². The molecular weight excluding hydrogens is 120 g/mol. The summed E-state index contributed by atoms with van der Waals surface area (Å²) in [4.78, 5) is 10.2. The molecule has 0 fully saturated rings. The van der Waals surface area contributed by atoms with Crippen molar-refractivity contribution in [1.82, 2.24) is 0 Å². The normalized spacial score (nSPS) is 13.1.